The first-order valence-electron chi connectivity index (χ1n) is 10.0. The highest BCUT2D eigenvalue weighted by molar-refractivity contribution is 4.88. The molecule has 4 saturated carbocycles. The lowest BCUT2D eigenvalue weighted by Gasteiger charge is -2.40. The van der Waals surface area contributed by atoms with Gasteiger partial charge in [-0.1, -0.05) is 38.5 Å². The van der Waals surface area contributed by atoms with E-state index in [4.69, 9.17) is 0 Å². The van der Waals surface area contributed by atoms with Crippen molar-refractivity contribution in [3.8, 4) is 0 Å². The van der Waals surface area contributed by atoms with Crippen molar-refractivity contribution < 1.29 is 21.2 Å². The zero-order valence-electron chi connectivity index (χ0n) is 13.7. The van der Waals surface area contributed by atoms with Gasteiger partial charge in [0.25, 0.3) is 21.2 Å². The van der Waals surface area contributed by atoms with Crippen LogP contribution in [0.2, 0.25) is 0 Å². The van der Waals surface area contributed by atoms with Gasteiger partial charge in [-0.25, -0.2) is 0 Å². The number of hydrogen-bond donors (Lipinski definition) is 0. The molecular formula is C20H34I+. The van der Waals surface area contributed by atoms with Gasteiger partial charge < -0.3 is 0 Å². The van der Waals surface area contributed by atoms with E-state index in [0.29, 0.717) is 21.2 Å². The molecule has 21 heavy (non-hydrogen) atoms. The Labute approximate surface area is 142 Å². The minimum absolute atomic E-state index is 0.491. The summed E-state index contributed by atoms with van der Waals surface area (Å²) >= 11 is 0.491. The van der Waals surface area contributed by atoms with E-state index >= 15 is 0 Å². The summed E-state index contributed by atoms with van der Waals surface area (Å²) in [5.74, 6) is 4.74. The van der Waals surface area contributed by atoms with Gasteiger partial charge in [0, 0.05) is 11.8 Å². The van der Waals surface area contributed by atoms with E-state index in [2.05, 4.69) is 0 Å². The molecular weight excluding hydrogens is 367 g/mol. The third-order valence-corrected chi connectivity index (χ3v) is 12.2. The SMILES string of the molecule is C1CCC2C(C1)CCCC2[I+]C1CCCC2CCCCC21. The Balaban J connectivity index is 1.41. The van der Waals surface area contributed by atoms with Gasteiger partial charge in [0.15, 0.2) is 7.85 Å². The Morgan fingerprint density at radius 2 is 0.857 bits per heavy atom. The van der Waals surface area contributed by atoms with Crippen molar-refractivity contribution in [2.24, 2.45) is 23.7 Å². The van der Waals surface area contributed by atoms with Crippen LogP contribution >= 0.6 is 0 Å². The first-order valence-corrected chi connectivity index (χ1v) is 12.5. The number of fused-ring (bicyclic) bond motifs is 2. The third kappa shape index (κ3) is 3.33. The average molecular weight is 401 g/mol. The molecule has 0 aromatic carbocycles. The molecule has 0 aliphatic heterocycles. The summed E-state index contributed by atoms with van der Waals surface area (Å²) in [5, 5.41) is 0. The molecule has 0 aromatic heterocycles. The highest BCUT2D eigenvalue weighted by Crippen LogP contribution is 2.41. The number of rotatable bonds is 2. The van der Waals surface area contributed by atoms with Crippen molar-refractivity contribution in [2.75, 3.05) is 0 Å². The largest absolute Gasteiger partial charge is 0.276 e. The first-order chi connectivity index (χ1) is 10.4. The van der Waals surface area contributed by atoms with Gasteiger partial charge in [-0.05, 0) is 63.2 Å². The zero-order chi connectivity index (χ0) is 14.1. The Bertz CT molecular complexity index is 303. The predicted molar refractivity (Wildman–Crippen MR) is 86.2 cm³/mol. The summed E-state index contributed by atoms with van der Waals surface area (Å²) in [4.78, 5) is 0. The first kappa shape index (κ1) is 15.3. The number of alkyl halides is 2. The molecule has 0 N–H and O–H groups in total. The highest BCUT2D eigenvalue weighted by atomic mass is 127. The van der Waals surface area contributed by atoms with Crippen LogP contribution in [0.3, 0.4) is 0 Å². The predicted octanol–water partition coefficient (Wildman–Crippen LogP) is 2.79. The summed E-state index contributed by atoms with van der Waals surface area (Å²) in [5.41, 5.74) is 0. The molecule has 0 amide bonds. The lowest BCUT2D eigenvalue weighted by Crippen LogP contribution is -3.69. The van der Waals surface area contributed by atoms with Crippen LogP contribution < -0.4 is 21.2 Å². The van der Waals surface area contributed by atoms with Crippen molar-refractivity contribution in [3.05, 3.63) is 0 Å². The second kappa shape index (κ2) is 7.09. The van der Waals surface area contributed by atoms with Gasteiger partial charge in [-0.2, -0.15) is 0 Å². The van der Waals surface area contributed by atoms with Crippen LogP contribution in [0.4, 0.5) is 0 Å². The van der Waals surface area contributed by atoms with Crippen LogP contribution in [-0.2, 0) is 0 Å². The molecule has 0 nitrogen and oxygen atoms in total. The fourth-order valence-electron chi connectivity index (χ4n) is 6.24. The molecule has 6 unspecified atom stereocenters. The van der Waals surface area contributed by atoms with Crippen LogP contribution in [0.15, 0.2) is 0 Å². The number of halogens is 1. The molecule has 0 saturated heterocycles. The van der Waals surface area contributed by atoms with Crippen LogP contribution in [0.5, 0.6) is 0 Å². The minimum atomic E-state index is 0.491. The molecule has 1 heteroatoms. The normalized spacial score (nSPS) is 47.4. The second-order valence-electron chi connectivity index (χ2n) is 8.44. The van der Waals surface area contributed by atoms with E-state index in [1.807, 2.05) is 0 Å². The molecule has 0 aromatic rings. The van der Waals surface area contributed by atoms with E-state index in [-0.39, 0.29) is 0 Å². The summed E-state index contributed by atoms with van der Waals surface area (Å²) < 4.78 is 2.49. The van der Waals surface area contributed by atoms with Crippen LogP contribution in [0.25, 0.3) is 0 Å². The van der Waals surface area contributed by atoms with Crippen molar-refractivity contribution in [1.82, 2.24) is 0 Å². The van der Waals surface area contributed by atoms with Crippen LogP contribution in [0.1, 0.15) is 89.9 Å². The molecule has 4 fully saturated rings. The maximum absolute atomic E-state index is 1.64. The summed E-state index contributed by atoms with van der Waals surface area (Å²) in [6, 6.07) is 0. The summed E-state index contributed by atoms with van der Waals surface area (Å²) in [6.07, 6.45) is 22.3. The molecule has 0 bridgehead atoms. The molecule has 0 heterocycles. The van der Waals surface area contributed by atoms with E-state index in [1.54, 1.807) is 89.9 Å². The van der Waals surface area contributed by atoms with E-state index in [9.17, 15) is 0 Å². The fourth-order valence-corrected chi connectivity index (χ4v) is 12.0. The smallest absolute Gasteiger partial charge is 0.0530 e. The zero-order valence-corrected chi connectivity index (χ0v) is 15.9. The molecule has 120 valence electrons. The van der Waals surface area contributed by atoms with Crippen molar-refractivity contribution in [2.45, 2.75) is 97.7 Å². The van der Waals surface area contributed by atoms with Gasteiger partial charge in [0.05, 0.1) is 0 Å². The van der Waals surface area contributed by atoms with Gasteiger partial charge in [-0.15, -0.1) is 0 Å². The van der Waals surface area contributed by atoms with E-state index in [0.717, 1.165) is 0 Å². The topological polar surface area (TPSA) is 0 Å². The Kier molecular flexibility index (Phi) is 5.16. The van der Waals surface area contributed by atoms with E-state index < -0.39 is 0 Å². The molecule has 4 aliphatic carbocycles. The second-order valence-corrected chi connectivity index (χ2v) is 12.4. The third-order valence-electron chi connectivity index (χ3n) is 7.30. The standard InChI is InChI=1S/C20H34I/c1-3-11-17-15(7-1)9-5-13-19(17)21-20-14-6-10-16-8-2-4-12-18(16)20/h15-20H,1-14H2/q+1. The lowest BCUT2D eigenvalue weighted by atomic mass is 9.71. The molecule has 0 spiro atoms. The van der Waals surface area contributed by atoms with Crippen LogP contribution in [-0.4, -0.2) is 7.85 Å². The Morgan fingerprint density at radius 3 is 1.38 bits per heavy atom. The average Bonchev–Trinajstić information content (AvgIpc) is 2.56. The Morgan fingerprint density at radius 1 is 0.429 bits per heavy atom. The Hall–Kier alpha value is 0.730. The number of hydrogen-bond acceptors (Lipinski definition) is 0. The van der Waals surface area contributed by atoms with Crippen molar-refractivity contribution >= 4 is 0 Å². The molecule has 4 aliphatic rings. The van der Waals surface area contributed by atoms with Gasteiger partial charge in [-0.3, -0.25) is 0 Å². The van der Waals surface area contributed by atoms with Gasteiger partial charge >= 0.3 is 0 Å². The minimum Gasteiger partial charge on any atom is -0.0530 e. The van der Waals surface area contributed by atoms with Crippen molar-refractivity contribution in [1.29, 1.82) is 0 Å². The maximum atomic E-state index is 1.64. The summed E-state index contributed by atoms with van der Waals surface area (Å²) in [7, 11) is 0. The monoisotopic (exact) mass is 401 g/mol. The van der Waals surface area contributed by atoms with E-state index in [1.165, 1.54) is 31.5 Å². The molecule has 4 rings (SSSR count). The molecule has 0 radical (unpaired) electrons. The van der Waals surface area contributed by atoms with Crippen molar-refractivity contribution in [3.63, 3.8) is 0 Å². The maximum Gasteiger partial charge on any atom is 0.276 e. The quantitative estimate of drug-likeness (QED) is 0.493. The highest BCUT2D eigenvalue weighted by Gasteiger charge is 2.49. The molecule has 6 atom stereocenters. The lowest BCUT2D eigenvalue weighted by molar-refractivity contribution is -0.740. The fraction of sp³-hybridized carbons (Fsp3) is 1.00. The van der Waals surface area contributed by atoms with Gasteiger partial charge in [0.1, 0.15) is 0 Å². The summed E-state index contributed by atoms with van der Waals surface area (Å²) in [6.45, 7) is 0. The van der Waals surface area contributed by atoms with Gasteiger partial charge in [0.2, 0.25) is 0 Å². The van der Waals surface area contributed by atoms with Crippen LogP contribution in [0, 0.1) is 23.7 Å².